The molecule has 1 atom stereocenters. The van der Waals surface area contributed by atoms with Crippen LogP contribution in [-0.4, -0.2) is 23.5 Å². The second-order valence-electron chi connectivity index (χ2n) is 6.46. The van der Waals surface area contributed by atoms with Crippen LogP contribution in [0.25, 0.3) is 0 Å². The molecule has 130 valence electrons. The van der Waals surface area contributed by atoms with Crippen molar-refractivity contribution in [1.82, 2.24) is 5.32 Å². The highest BCUT2D eigenvalue weighted by Crippen LogP contribution is 2.42. The fourth-order valence-electron chi connectivity index (χ4n) is 3.13. The van der Waals surface area contributed by atoms with E-state index in [4.69, 9.17) is 4.42 Å². The summed E-state index contributed by atoms with van der Waals surface area (Å²) in [5.74, 6) is -0.0417. The lowest BCUT2D eigenvalue weighted by Gasteiger charge is -2.40. The molecular formula is C19H18BrNO4. The standard InChI is InChI=1S/C19H18BrNO4/c1-12(8-16(23)17-6-3-7-25-17)21-18(24)19(10-15(22)11-19)13-4-2-5-14(20)9-13/h2-7,9,12H,8,10-11H2,1H3,(H,21,24). The topological polar surface area (TPSA) is 76.4 Å². The van der Waals surface area contributed by atoms with Gasteiger partial charge in [-0.1, -0.05) is 28.1 Å². The SMILES string of the molecule is CC(CC(=O)c1ccco1)NC(=O)C1(c2cccc(Br)c2)CC(=O)C1. The highest BCUT2D eigenvalue weighted by molar-refractivity contribution is 9.10. The van der Waals surface area contributed by atoms with Crippen LogP contribution >= 0.6 is 15.9 Å². The minimum absolute atomic E-state index is 0.0643. The number of Topliss-reactive ketones (excluding diaryl/α,β-unsaturated/α-hetero) is 2. The number of carbonyl (C=O) groups is 3. The summed E-state index contributed by atoms with van der Waals surface area (Å²) in [5, 5.41) is 2.89. The minimum Gasteiger partial charge on any atom is -0.461 e. The summed E-state index contributed by atoms with van der Waals surface area (Å²) in [6.45, 7) is 1.77. The summed E-state index contributed by atoms with van der Waals surface area (Å²) in [5.41, 5.74) is -0.0356. The van der Waals surface area contributed by atoms with Gasteiger partial charge in [-0.3, -0.25) is 14.4 Å². The van der Waals surface area contributed by atoms with E-state index in [1.54, 1.807) is 19.1 Å². The van der Waals surface area contributed by atoms with E-state index in [1.807, 2.05) is 24.3 Å². The van der Waals surface area contributed by atoms with Crippen molar-refractivity contribution >= 4 is 33.4 Å². The first kappa shape index (κ1) is 17.6. The van der Waals surface area contributed by atoms with Crippen LogP contribution in [0.3, 0.4) is 0 Å². The number of furan rings is 1. The molecular weight excluding hydrogens is 386 g/mol. The maximum Gasteiger partial charge on any atom is 0.231 e. The third kappa shape index (κ3) is 3.58. The van der Waals surface area contributed by atoms with Crippen molar-refractivity contribution in [2.24, 2.45) is 0 Å². The van der Waals surface area contributed by atoms with Crippen LogP contribution in [0.4, 0.5) is 0 Å². The van der Waals surface area contributed by atoms with Crippen molar-refractivity contribution in [3.63, 3.8) is 0 Å². The van der Waals surface area contributed by atoms with Crippen LogP contribution in [0.15, 0.2) is 51.6 Å². The molecule has 0 bridgehead atoms. The summed E-state index contributed by atoms with van der Waals surface area (Å²) in [6, 6.07) is 10.3. The molecule has 0 spiro atoms. The third-order valence-corrected chi connectivity index (χ3v) is 4.97. The van der Waals surface area contributed by atoms with Crippen LogP contribution in [0, 0.1) is 0 Å². The number of ketones is 2. The van der Waals surface area contributed by atoms with Gasteiger partial charge in [0.05, 0.1) is 11.7 Å². The second-order valence-corrected chi connectivity index (χ2v) is 7.38. The molecule has 0 radical (unpaired) electrons. The number of rotatable bonds is 6. The fourth-order valence-corrected chi connectivity index (χ4v) is 3.53. The number of amides is 1. The Bertz CT molecular complexity index is 805. The van der Waals surface area contributed by atoms with E-state index in [0.717, 1.165) is 10.0 Å². The van der Waals surface area contributed by atoms with E-state index in [-0.39, 0.29) is 48.5 Å². The van der Waals surface area contributed by atoms with E-state index in [2.05, 4.69) is 21.2 Å². The monoisotopic (exact) mass is 403 g/mol. The smallest absolute Gasteiger partial charge is 0.231 e. The van der Waals surface area contributed by atoms with Crippen molar-refractivity contribution in [1.29, 1.82) is 0 Å². The Hall–Kier alpha value is -2.21. The first-order valence-corrected chi connectivity index (χ1v) is 8.85. The zero-order chi connectivity index (χ0) is 18.0. The Kier molecular flexibility index (Phi) is 4.90. The van der Waals surface area contributed by atoms with Gasteiger partial charge in [0.15, 0.2) is 11.5 Å². The maximum absolute atomic E-state index is 12.9. The number of nitrogens with one attached hydrogen (secondary N) is 1. The van der Waals surface area contributed by atoms with Gasteiger partial charge >= 0.3 is 0 Å². The summed E-state index contributed by atoms with van der Waals surface area (Å²) >= 11 is 3.41. The Morgan fingerprint density at radius 1 is 1.28 bits per heavy atom. The first-order chi connectivity index (χ1) is 11.9. The molecule has 1 aromatic heterocycles. The molecule has 1 aromatic carbocycles. The highest BCUT2D eigenvalue weighted by atomic mass is 79.9. The number of benzene rings is 1. The molecule has 0 aliphatic heterocycles. The zero-order valence-electron chi connectivity index (χ0n) is 13.8. The molecule has 5 nitrogen and oxygen atoms in total. The van der Waals surface area contributed by atoms with Crippen molar-refractivity contribution in [2.75, 3.05) is 0 Å². The normalized spacial score (nSPS) is 16.8. The van der Waals surface area contributed by atoms with Crippen molar-refractivity contribution in [3.05, 3.63) is 58.5 Å². The molecule has 1 heterocycles. The molecule has 25 heavy (non-hydrogen) atoms. The number of hydrogen-bond donors (Lipinski definition) is 1. The molecule has 0 saturated heterocycles. The summed E-state index contributed by atoms with van der Waals surface area (Å²) in [7, 11) is 0. The lowest BCUT2D eigenvalue weighted by Crippen LogP contribution is -2.55. The lowest BCUT2D eigenvalue weighted by molar-refractivity contribution is -0.141. The summed E-state index contributed by atoms with van der Waals surface area (Å²) in [6.07, 6.45) is 1.96. The average Bonchev–Trinajstić information content (AvgIpc) is 3.05. The second kappa shape index (κ2) is 6.96. The zero-order valence-corrected chi connectivity index (χ0v) is 15.3. The van der Waals surface area contributed by atoms with Crippen molar-refractivity contribution in [2.45, 2.75) is 37.6 Å². The predicted octanol–water partition coefficient (Wildman–Crippen LogP) is 3.42. The van der Waals surface area contributed by atoms with Gasteiger partial charge in [-0.2, -0.15) is 0 Å². The van der Waals surface area contributed by atoms with Gasteiger partial charge in [0, 0.05) is 29.8 Å². The van der Waals surface area contributed by atoms with Gasteiger partial charge < -0.3 is 9.73 Å². The van der Waals surface area contributed by atoms with Crippen molar-refractivity contribution < 1.29 is 18.8 Å². The van der Waals surface area contributed by atoms with Gasteiger partial charge in [-0.05, 0) is 36.8 Å². The molecule has 1 aliphatic carbocycles. The molecule has 1 amide bonds. The Labute approximate surface area is 153 Å². The number of hydrogen-bond acceptors (Lipinski definition) is 4. The van der Waals surface area contributed by atoms with E-state index in [0.29, 0.717) is 0 Å². The Balaban J connectivity index is 1.71. The highest BCUT2D eigenvalue weighted by Gasteiger charge is 2.51. The van der Waals surface area contributed by atoms with Gasteiger partial charge in [0.1, 0.15) is 5.78 Å². The molecule has 1 N–H and O–H groups in total. The van der Waals surface area contributed by atoms with Crippen molar-refractivity contribution in [3.8, 4) is 0 Å². The van der Waals surface area contributed by atoms with Gasteiger partial charge in [0.25, 0.3) is 0 Å². The van der Waals surface area contributed by atoms with E-state index < -0.39 is 5.41 Å². The summed E-state index contributed by atoms with van der Waals surface area (Å²) < 4.78 is 5.94. The molecule has 1 fully saturated rings. The number of halogens is 1. The van der Waals surface area contributed by atoms with Crippen LogP contribution in [0.5, 0.6) is 0 Å². The average molecular weight is 404 g/mol. The Morgan fingerprint density at radius 2 is 2.04 bits per heavy atom. The molecule has 1 unspecified atom stereocenters. The maximum atomic E-state index is 12.9. The predicted molar refractivity (Wildman–Crippen MR) is 95.3 cm³/mol. The summed E-state index contributed by atoms with van der Waals surface area (Å²) in [4.78, 5) is 36.6. The molecule has 6 heteroatoms. The largest absolute Gasteiger partial charge is 0.461 e. The molecule has 3 rings (SSSR count). The van der Waals surface area contributed by atoms with Crippen LogP contribution in [0.2, 0.25) is 0 Å². The Morgan fingerprint density at radius 3 is 2.64 bits per heavy atom. The molecule has 1 saturated carbocycles. The van der Waals surface area contributed by atoms with Crippen LogP contribution in [0.1, 0.15) is 42.3 Å². The van der Waals surface area contributed by atoms with Crippen LogP contribution < -0.4 is 5.32 Å². The van der Waals surface area contributed by atoms with E-state index >= 15 is 0 Å². The minimum atomic E-state index is -0.844. The third-order valence-electron chi connectivity index (χ3n) is 4.47. The molecule has 1 aliphatic rings. The number of carbonyl (C=O) groups excluding carboxylic acids is 3. The molecule has 2 aromatic rings. The van der Waals surface area contributed by atoms with Crippen LogP contribution in [-0.2, 0) is 15.0 Å². The quantitative estimate of drug-likeness (QED) is 0.749. The first-order valence-electron chi connectivity index (χ1n) is 8.06. The fraction of sp³-hybridized carbons (Fsp3) is 0.316. The van der Waals surface area contributed by atoms with Gasteiger partial charge in [-0.25, -0.2) is 0 Å². The lowest BCUT2D eigenvalue weighted by atomic mass is 9.63. The van der Waals surface area contributed by atoms with Gasteiger partial charge in [-0.15, -0.1) is 0 Å². The van der Waals surface area contributed by atoms with Gasteiger partial charge in [0.2, 0.25) is 5.91 Å². The van der Waals surface area contributed by atoms with E-state index in [9.17, 15) is 14.4 Å². The van der Waals surface area contributed by atoms with E-state index in [1.165, 1.54) is 6.26 Å².